The number of benzene rings is 1. The fourth-order valence-corrected chi connectivity index (χ4v) is 0.871. The van der Waals surface area contributed by atoms with Gasteiger partial charge < -0.3 is 4.74 Å². The molecule has 1 aromatic carbocycles. The zero-order valence-corrected chi connectivity index (χ0v) is 8.03. The Labute approximate surface area is 82.8 Å². The molecule has 4 heteroatoms. The van der Waals surface area contributed by atoms with E-state index in [9.17, 15) is 4.79 Å². The molecule has 0 saturated heterocycles. The summed E-state index contributed by atoms with van der Waals surface area (Å²) >= 11 is 0. The van der Waals surface area contributed by atoms with Crippen molar-refractivity contribution in [1.29, 1.82) is 0 Å². The Kier molecular flexibility index (Phi) is 4.50. The van der Waals surface area contributed by atoms with E-state index in [1.807, 2.05) is 30.3 Å². The van der Waals surface area contributed by atoms with Crippen molar-refractivity contribution >= 4 is 5.91 Å². The van der Waals surface area contributed by atoms with Crippen LogP contribution in [0, 0.1) is 0 Å². The van der Waals surface area contributed by atoms with E-state index >= 15 is 0 Å². The lowest BCUT2D eigenvalue weighted by Crippen LogP contribution is -2.23. The molecule has 0 spiro atoms. The normalized spacial score (nSPS) is 9.50. The second-order valence-corrected chi connectivity index (χ2v) is 2.67. The van der Waals surface area contributed by atoms with Crippen LogP contribution >= 0.6 is 0 Å². The molecule has 0 aromatic heterocycles. The fraction of sp³-hybridized carbons (Fsp3) is 0.300. The Morgan fingerprint density at radius 1 is 1.29 bits per heavy atom. The Hall–Kier alpha value is -1.55. The highest BCUT2D eigenvalue weighted by Gasteiger charge is 1.92. The molecular formula is C10H13NO3. The molecule has 76 valence electrons. The Morgan fingerprint density at radius 2 is 2.00 bits per heavy atom. The summed E-state index contributed by atoms with van der Waals surface area (Å²) < 4.78 is 5.31. The third-order valence-electron chi connectivity index (χ3n) is 1.41. The van der Waals surface area contributed by atoms with E-state index in [-0.39, 0.29) is 5.91 Å². The van der Waals surface area contributed by atoms with Crippen molar-refractivity contribution in [2.75, 3.05) is 13.2 Å². The minimum absolute atomic E-state index is 0.218. The molecule has 1 amide bonds. The number of hydroxylamine groups is 1. The van der Waals surface area contributed by atoms with Crippen LogP contribution in [0.1, 0.15) is 6.92 Å². The minimum atomic E-state index is -0.218. The number of nitrogens with one attached hydrogen (secondary N) is 1. The maximum atomic E-state index is 10.4. The van der Waals surface area contributed by atoms with Crippen molar-refractivity contribution in [1.82, 2.24) is 5.48 Å². The molecule has 0 bridgehead atoms. The first kappa shape index (κ1) is 10.5. The summed E-state index contributed by atoms with van der Waals surface area (Å²) in [5.41, 5.74) is 2.21. The number of rotatable bonds is 5. The molecule has 0 fully saturated rings. The van der Waals surface area contributed by atoms with Crippen LogP contribution in [0.4, 0.5) is 0 Å². The quantitative estimate of drug-likeness (QED) is 0.566. The summed E-state index contributed by atoms with van der Waals surface area (Å²) in [5.74, 6) is 0.573. The maximum absolute atomic E-state index is 10.4. The summed E-state index contributed by atoms with van der Waals surface area (Å²) in [4.78, 5) is 15.2. The molecule has 1 N–H and O–H groups in total. The number of carbonyl (C=O) groups is 1. The summed E-state index contributed by atoms with van der Waals surface area (Å²) in [7, 11) is 0. The minimum Gasteiger partial charge on any atom is -0.491 e. The van der Waals surface area contributed by atoms with Gasteiger partial charge in [-0.1, -0.05) is 18.2 Å². The molecule has 4 nitrogen and oxygen atoms in total. The molecule has 0 aliphatic heterocycles. The molecule has 14 heavy (non-hydrogen) atoms. The predicted octanol–water partition coefficient (Wildman–Crippen LogP) is 1.13. The molecule has 0 heterocycles. The van der Waals surface area contributed by atoms with Crippen molar-refractivity contribution < 1.29 is 14.4 Å². The molecule has 0 aliphatic carbocycles. The van der Waals surface area contributed by atoms with Gasteiger partial charge in [-0.3, -0.25) is 9.63 Å². The van der Waals surface area contributed by atoms with E-state index < -0.39 is 0 Å². The zero-order chi connectivity index (χ0) is 10.2. The Morgan fingerprint density at radius 3 is 2.64 bits per heavy atom. The van der Waals surface area contributed by atoms with Crippen LogP contribution in [0.2, 0.25) is 0 Å². The SMILES string of the molecule is CC(=O)NOCCOc1ccccc1. The van der Waals surface area contributed by atoms with E-state index in [2.05, 4.69) is 5.48 Å². The number of carbonyl (C=O) groups excluding carboxylic acids is 1. The van der Waals surface area contributed by atoms with Gasteiger partial charge in [-0.2, -0.15) is 0 Å². The van der Waals surface area contributed by atoms with Crippen LogP contribution in [-0.4, -0.2) is 19.1 Å². The van der Waals surface area contributed by atoms with Gasteiger partial charge in [0.25, 0.3) is 0 Å². The third-order valence-corrected chi connectivity index (χ3v) is 1.41. The number of para-hydroxylation sites is 1. The number of hydrogen-bond donors (Lipinski definition) is 1. The van der Waals surface area contributed by atoms with Crippen molar-refractivity contribution in [3.05, 3.63) is 30.3 Å². The van der Waals surface area contributed by atoms with E-state index in [1.165, 1.54) is 6.92 Å². The van der Waals surface area contributed by atoms with Gasteiger partial charge in [0.2, 0.25) is 5.91 Å². The molecule has 0 unspecified atom stereocenters. The highest BCUT2D eigenvalue weighted by Crippen LogP contribution is 2.07. The molecule has 0 saturated carbocycles. The number of ether oxygens (including phenoxy) is 1. The number of amides is 1. The summed E-state index contributed by atoms with van der Waals surface area (Å²) in [6, 6.07) is 9.42. The first-order valence-corrected chi connectivity index (χ1v) is 4.35. The van der Waals surface area contributed by atoms with Crippen molar-refractivity contribution in [3.8, 4) is 5.75 Å². The van der Waals surface area contributed by atoms with Crippen molar-refractivity contribution in [3.63, 3.8) is 0 Å². The largest absolute Gasteiger partial charge is 0.491 e. The average molecular weight is 195 g/mol. The van der Waals surface area contributed by atoms with E-state index in [4.69, 9.17) is 9.57 Å². The van der Waals surface area contributed by atoms with Crippen LogP contribution in [0.3, 0.4) is 0 Å². The van der Waals surface area contributed by atoms with Gasteiger partial charge in [0, 0.05) is 6.92 Å². The first-order valence-electron chi connectivity index (χ1n) is 4.35. The Bertz CT molecular complexity index is 274. The summed E-state index contributed by atoms with van der Waals surface area (Å²) in [6.07, 6.45) is 0. The van der Waals surface area contributed by atoms with Gasteiger partial charge in [0.1, 0.15) is 19.0 Å². The van der Waals surface area contributed by atoms with Gasteiger partial charge in [-0.05, 0) is 12.1 Å². The lowest BCUT2D eigenvalue weighted by molar-refractivity contribution is -0.131. The highest BCUT2D eigenvalue weighted by molar-refractivity contribution is 5.71. The van der Waals surface area contributed by atoms with Gasteiger partial charge in [0.05, 0.1) is 0 Å². The first-order chi connectivity index (χ1) is 6.79. The van der Waals surface area contributed by atoms with Crippen LogP contribution in [0.15, 0.2) is 30.3 Å². The highest BCUT2D eigenvalue weighted by atomic mass is 16.7. The standard InChI is InChI=1S/C10H13NO3/c1-9(12)11-14-8-7-13-10-5-3-2-4-6-10/h2-6H,7-8H2,1H3,(H,11,12). The predicted molar refractivity (Wildman–Crippen MR) is 51.7 cm³/mol. The van der Waals surface area contributed by atoms with Gasteiger partial charge in [-0.25, -0.2) is 5.48 Å². The molecule has 0 aliphatic rings. The number of hydrogen-bond acceptors (Lipinski definition) is 3. The molecule has 0 radical (unpaired) electrons. The molecule has 1 aromatic rings. The lowest BCUT2D eigenvalue weighted by Gasteiger charge is -2.05. The van der Waals surface area contributed by atoms with E-state index in [1.54, 1.807) is 0 Å². The Balaban J connectivity index is 2.08. The fourth-order valence-electron chi connectivity index (χ4n) is 0.871. The molecule has 1 rings (SSSR count). The van der Waals surface area contributed by atoms with Crippen LogP contribution in [0.25, 0.3) is 0 Å². The van der Waals surface area contributed by atoms with Crippen molar-refractivity contribution in [2.45, 2.75) is 6.92 Å². The van der Waals surface area contributed by atoms with Crippen LogP contribution in [-0.2, 0) is 9.63 Å². The van der Waals surface area contributed by atoms with Gasteiger partial charge >= 0.3 is 0 Å². The molecular weight excluding hydrogens is 182 g/mol. The maximum Gasteiger partial charge on any atom is 0.240 e. The summed E-state index contributed by atoms with van der Waals surface area (Å²) in [6.45, 7) is 2.12. The zero-order valence-electron chi connectivity index (χ0n) is 8.03. The second kappa shape index (κ2) is 5.99. The average Bonchev–Trinajstić information content (AvgIpc) is 2.18. The smallest absolute Gasteiger partial charge is 0.240 e. The topological polar surface area (TPSA) is 47.6 Å². The molecule has 0 atom stereocenters. The third kappa shape index (κ3) is 4.47. The van der Waals surface area contributed by atoms with Crippen molar-refractivity contribution in [2.24, 2.45) is 0 Å². The van der Waals surface area contributed by atoms with Gasteiger partial charge in [-0.15, -0.1) is 0 Å². The van der Waals surface area contributed by atoms with E-state index in [0.29, 0.717) is 13.2 Å². The van der Waals surface area contributed by atoms with Gasteiger partial charge in [0.15, 0.2) is 0 Å². The second-order valence-electron chi connectivity index (χ2n) is 2.67. The van der Waals surface area contributed by atoms with E-state index in [0.717, 1.165) is 5.75 Å². The van der Waals surface area contributed by atoms with Crippen LogP contribution < -0.4 is 10.2 Å². The van der Waals surface area contributed by atoms with Crippen LogP contribution in [0.5, 0.6) is 5.75 Å². The monoisotopic (exact) mass is 195 g/mol. The lowest BCUT2D eigenvalue weighted by atomic mass is 10.3. The summed E-state index contributed by atoms with van der Waals surface area (Å²) in [5, 5.41) is 0.